The molecule has 0 aliphatic heterocycles. The van der Waals surface area contributed by atoms with Gasteiger partial charge in [0.1, 0.15) is 6.10 Å². The van der Waals surface area contributed by atoms with E-state index in [2.05, 4.69) is 20.9 Å². The summed E-state index contributed by atoms with van der Waals surface area (Å²) in [6.45, 7) is 7.94. The monoisotopic (exact) mass is 390 g/mol. The molecule has 1 atom stereocenters. The first-order chi connectivity index (χ1) is 11.3. The molecule has 0 spiro atoms. The molecule has 0 saturated carbocycles. The summed E-state index contributed by atoms with van der Waals surface area (Å²) < 4.78 is 0.881. The van der Waals surface area contributed by atoms with Gasteiger partial charge in [0, 0.05) is 34.5 Å². The molecule has 24 heavy (non-hydrogen) atoms. The Morgan fingerprint density at radius 3 is 2.42 bits per heavy atom. The van der Waals surface area contributed by atoms with E-state index in [1.54, 1.807) is 17.2 Å². The number of halogens is 1. The van der Waals surface area contributed by atoms with Crippen molar-refractivity contribution >= 4 is 21.8 Å². The van der Waals surface area contributed by atoms with Crippen molar-refractivity contribution in [3.63, 3.8) is 0 Å². The van der Waals surface area contributed by atoms with E-state index in [0.717, 1.165) is 10.0 Å². The first-order valence-corrected chi connectivity index (χ1v) is 8.82. The molecule has 1 aromatic carbocycles. The maximum Gasteiger partial charge on any atom is 0.256 e. The van der Waals surface area contributed by atoms with Crippen molar-refractivity contribution in [2.24, 2.45) is 0 Å². The van der Waals surface area contributed by atoms with Gasteiger partial charge in [-0.05, 0) is 51.5 Å². The van der Waals surface area contributed by atoms with Crippen LogP contribution in [0.1, 0.15) is 55.3 Å². The molecule has 0 aliphatic rings. The highest BCUT2D eigenvalue weighted by Gasteiger charge is 2.26. The first-order valence-electron chi connectivity index (χ1n) is 8.03. The van der Waals surface area contributed by atoms with Crippen LogP contribution >= 0.6 is 15.9 Å². The molecule has 1 unspecified atom stereocenters. The van der Waals surface area contributed by atoms with Gasteiger partial charge in [0.15, 0.2) is 0 Å². The second-order valence-electron chi connectivity index (χ2n) is 6.32. The third-order valence-electron chi connectivity index (χ3n) is 3.89. The summed E-state index contributed by atoms with van der Waals surface area (Å²) in [6, 6.07) is 9.28. The minimum absolute atomic E-state index is 0.0635. The molecular formula is C19H23BrN2O2. The summed E-state index contributed by atoms with van der Waals surface area (Å²) in [7, 11) is 0. The van der Waals surface area contributed by atoms with Crippen LogP contribution in [0.5, 0.6) is 0 Å². The van der Waals surface area contributed by atoms with Crippen LogP contribution < -0.4 is 0 Å². The van der Waals surface area contributed by atoms with Gasteiger partial charge < -0.3 is 10.0 Å². The summed E-state index contributed by atoms with van der Waals surface area (Å²) in [5, 5.41) is 10.8. The molecule has 128 valence electrons. The van der Waals surface area contributed by atoms with E-state index in [-0.39, 0.29) is 18.0 Å². The number of hydrogen-bond acceptors (Lipinski definition) is 3. The number of amides is 1. The number of aliphatic hydroxyl groups excluding tert-OH is 1. The molecular weight excluding hydrogens is 368 g/mol. The van der Waals surface area contributed by atoms with Crippen molar-refractivity contribution in [2.45, 2.75) is 45.9 Å². The van der Waals surface area contributed by atoms with Gasteiger partial charge in [-0.25, -0.2) is 0 Å². The van der Waals surface area contributed by atoms with E-state index >= 15 is 0 Å². The number of nitrogens with zero attached hydrogens (tertiary/aromatic N) is 2. The summed E-state index contributed by atoms with van der Waals surface area (Å²) >= 11 is 3.41. The number of hydrogen-bond donors (Lipinski definition) is 1. The largest absolute Gasteiger partial charge is 0.384 e. The highest BCUT2D eigenvalue weighted by molar-refractivity contribution is 9.10. The highest BCUT2D eigenvalue weighted by atomic mass is 79.9. The second-order valence-corrected chi connectivity index (χ2v) is 7.24. The number of rotatable bonds is 5. The predicted molar refractivity (Wildman–Crippen MR) is 98.9 cm³/mol. The SMILES string of the molecule is CC(C)N(C(=O)c1cnccc1C(O)c1cccc(Br)c1)C(C)C. The molecule has 2 aromatic rings. The van der Waals surface area contributed by atoms with E-state index in [9.17, 15) is 9.90 Å². The third kappa shape index (κ3) is 4.02. The Kier molecular flexibility index (Phi) is 6.13. The maximum absolute atomic E-state index is 13.0. The zero-order chi connectivity index (χ0) is 17.9. The van der Waals surface area contributed by atoms with Crippen molar-refractivity contribution in [1.82, 2.24) is 9.88 Å². The fraction of sp³-hybridized carbons (Fsp3) is 0.368. The second kappa shape index (κ2) is 7.90. The standard InChI is InChI=1S/C19H23BrN2O2/c1-12(2)22(13(3)4)19(24)17-11-21-9-8-16(17)18(23)14-6-5-7-15(20)10-14/h5-13,18,23H,1-4H3. The van der Waals surface area contributed by atoms with Crippen molar-refractivity contribution < 1.29 is 9.90 Å². The molecule has 1 heterocycles. The summed E-state index contributed by atoms with van der Waals surface area (Å²) in [6.07, 6.45) is 2.25. The Bertz CT molecular complexity index is 708. The third-order valence-corrected chi connectivity index (χ3v) is 4.38. The molecule has 4 nitrogen and oxygen atoms in total. The van der Waals surface area contributed by atoms with E-state index < -0.39 is 6.10 Å². The lowest BCUT2D eigenvalue weighted by atomic mass is 9.97. The fourth-order valence-corrected chi connectivity index (χ4v) is 3.30. The Labute approximate surface area is 151 Å². The van der Waals surface area contributed by atoms with Crippen LogP contribution in [0.4, 0.5) is 0 Å². The van der Waals surface area contributed by atoms with E-state index in [4.69, 9.17) is 0 Å². The number of benzene rings is 1. The molecule has 0 bridgehead atoms. The summed E-state index contributed by atoms with van der Waals surface area (Å²) in [5.41, 5.74) is 1.73. The number of pyridine rings is 1. The van der Waals surface area contributed by atoms with Gasteiger partial charge in [0.2, 0.25) is 0 Å². The number of aliphatic hydroxyl groups is 1. The Balaban J connectivity index is 2.45. The average Bonchev–Trinajstić information content (AvgIpc) is 2.53. The van der Waals surface area contributed by atoms with Crippen LogP contribution in [0, 0.1) is 0 Å². The molecule has 1 amide bonds. The van der Waals surface area contributed by atoms with Gasteiger partial charge in [0.25, 0.3) is 5.91 Å². The highest BCUT2D eigenvalue weighted by Crippen LogP contribution is 2.27. The first kappa shape index (κ1) is 18.6. The van der Waals surface area contributed by atoms with Crippen molar-refractivity contribution in [2.75, 3.05) is 0 Å². The molecule has 0 saturated heterocycles. The zero-order valence-electron chi connectivity index (χ0n) is 14.4. The molecule has 1 aromatic heterocycles. The quantitative estimate of drug-likeness (QED) is 0.832. The fourth-order valence-electron chi connectivity index (χ4n) is 2.88. The van der Waals surface area contributed by atoms with Crippen molar-refractivity contribution in [3.8, 4) is 0 Å². The average molecular weight is 391 g/mol. The molecule has 0 radical (unpaired) electrons. The van der Waals surface area contributed by atoms with Crippen LogP contribution in [0.3, 0.4) is 0 Å². The van der Waals surface area contributed by atoms with E-state index in [1.807, 2.05) is 52.0 Å². The van der Waals surface area contributed by atoms with Crippen molar-refractivity contribution in [1.29, 1.82) is 0 Å². The molecule has 2 rings (SSSR count). The topological polar surface area (TPSA) is 53.4 Å². The van der Waals surface area contributed by atoms with Gasteiger partial charge in [-0.1, -0.05) is 28.1 Å². The van der Waals surface area contributed by atoms with Gasteiger partial charge in [-0.15, -0.1) is 0 Å². The van der Waals surface area contributed by atoms with Crippen LogP contribution in [0.15, 0.2) is 47.2 Å². The van der Waals surface area contributed by atoms with Crippen LogP contribution in [-0.2, 0) is 0 Å². The lowest BCUT2D eigenvalue weighted by Gasteiger charge is -2.31. The van der Waals surface area contributed by atoms with Crippen LogP contribution in [0.2, 0.25) is 0 Å². The van der Waals surface area contributed by atoms with E-state index in [0.29, 0.717) is 11.1 Å². The summed E-state index contributed by atoms with van der Waals surface area (Å²) in [4.78, 5) is 18.9. The van der Waals surface area contributed by atoms with Gasteiger partial charge in [-0.3, -0.25) is 9.78 Å². The summed E-state index contributed by atoms with van der Waals surface area (Å²) in [5.74, 6) is -0.114. The van der Waals surface area contributed by atoms with Crippen LogP contribution in [-0.4, -0.2) is 33.0 Å². The smallest absolute Gasteiger partial charge is 0.256 e. The maximum atomic E-state index is 13.0. The minimum atomic E-state index is -0.884. The molecule has 1 N–H and O–H groups in total. The van der Waals surface area contributed by atoms with Gasteiger partial charge in [-0.2, -0.15) is 0 Å². The normalized spacial score (nSPS) is 12.5. The molecule has 0 aliphatic carbocycles. The van der Waals surface area contributed by atoms with Gasteiger partial charge in [0.05, 0.1) is 5.56 Å². The Hall–Kier alpha value is -1.72. The molecule has 5 heteroatoms. The number of aromatic nitrogens is 1. The minimum Gasteiger partial charge on any atom is -0.384 e. The lowest BCUT2D eigenvalue weighted by molar-refractivity contribution is 0.0638. The Morgan fingerprint density at radius 1 is 1.17 bits per heavy atom. The van der Waals surface area contributed by atoms with Crippen molar-refractivity contribution in [3.05, 3.63) is 63.9 Å². The zero-order valence-corrected chi connectivity index (χ0v) is 16.0. The van der Waals surface area contributed by atoms with E-state index in [1.165, 1.54) is 6.20 Å². The van der Waals surface area contributed by atoms with Gasteiger partial charge >= 0.3 is 0 Å². The molecule has 0 fully saturated rings. The predicted octanol–water partition coefficient (Wildman–Crippen LogP) is 4.18. The van der Waals surface area contributed by atoms with Crippen LogP contribution in [0.25, 0.3) is 0 Å². The lowest BCUT2D eigenvalue weighted by Crippen LogP contribution is -2.42. The number of carbonyl (C=O) groups is 1. The number of carbonyl (C=O) groups excluding carboxylic acids is 1. The Morgan fingerprint density at radius 2 is 1.83 bits per heavy atom.